The maximum absolute atomic E-state index is 12.6. The first-order chi connectivity index (χ1) is 15.0. The Balaban J connectivity index is 2.10. The predicted octanol–water partition coefficient (Wildman–Crippen LogP) is -2.14. The van der Waals surface area contributed by atoms with Crippen molar-refractivity contribution in [3.05, 3.63) is 83.9 Å². The Morgan fingerprint density at radius 2 is 1.16 bits per heavy atom. The average molecular weight is 455 g/mol. The van der Waals surface area contributed by atoms with Crippen molar-refractivity contribution in [3.63, 3.8) is 0 Å². The second-order valence-corrected chi connectivity index (χ2v) is 6.15. The van der Waals surface area contributed by atoms with Gasteiger partial charge in [-0.25, -0.2) is 4.57 Å². The summed E-state index contributed by atoms with van der Waals surface area (Å²) in [4.78, 5) is 93.4. The minimum Gasteiger partial charge on any atom is -0.311 e. The fraction of sp³-hybridized carbons (Fsp3) is 0.286. The summed E-state index contributed by atoms with van der Waals surface area (Å²) in [5, 5.41) is 26.1. The van der Waals surface area contributed by atoms with Crippen LogP contribution in [-0.2, 0) is 27.8 Å². The molecule has 0 aliphatic rings. The summed E-state index contributed by atoms with van der Waals surface area (Å²) in [6.07, 6.45) is -1.71. The van der Waals surface area contributed by atoms with E-state index >= 15 is 0 Å². The lowest BCUT2D eigenvalue weighted by atomic mass is 10.1. The number of hydrogen-bond donors (Lipinski definition) is 0. The van der Waals surface area contributed by atoms with Gasteiger partial charge >= 0.3 is 0 Å². The number of aromatic nitrogens is 2. The highest BCUT2D eigenvalue weighted by Gasteiger charge is 2.23. The molecule has 32 heavy (non-hydrogen) atoms. The first kappa shape index (κ1) is 21.8. The zero-order valence-electron chi connectivity index (χ0n) is 15.4. The van der Waals surface area contributed by atoms with E-state index in [-0.39, 0.29) is 21.5 Å². The molecular weight excluding hydrogens is 446 g/mol. The first-order valence-corrected chi connectivity index (χ1v) is 8.27. The molecule has 0 fully saturated rings. The first-order valence-electron chi connectivity index (χ1n) is 8.27. The molecule has 3 aromatic rings. The molecule has 0 N–H and O–H groups in total. The molecule has 18 heteroatoms. The van der Waals surface area contributed by atoms with Crippen LogP contribution in [0.1, 0.15) is 0 Å². The summed E-state index contributed by atoms with van der Waals surface area (Å²) in [5.74, 6) is 0. The molecule has 168 valence electrons. The van der Waals surface area contributed by atoms with E-state index in [0.29, 0.717) is 9.13 Å². The molecule has 1 unspecified atom stereocenters. The van der Waals surface area contributed by atoms with Crippen LogP contribution in [0, 0.1) is 30.3 Å². The Hall–Kier alpha value is -4.90. The highest BCUT2D eigenvalue weighted by molar-refractivity contribution is 5.97. The molecule has 18 nitrogen and oxygen atoms in total. The third kappa shape index (κ3) is 3.91. The molecule has 2 aromatic heterocycles. The van der Waals surface area contributed by atoms with Gasteiger partial charge in [0.05, 0.1) is 28.1 Å². The van der Waals surface area contributed by atoms with Crippen LogP contribution in [0.25, 0.3) is 21.5 Å². The fourth-order valence-corrected chi connectivity index (χ4v) is 3.05. The van der Waals surface area contributed by atoms with Crippen LogP contribution in [0.3, 0.4) is 0 Å². The maximum Gasteiger partial charge on any atom is 0.296 e. The van der Waals surface area contributed by atoms with Crippen LogP contribution in [0.5, 0.6) is 0 Å². The topological polar surface area (TPSA) is 235 Å². The normalized spacial score (nSPS) is 12.0. The standard InChI is InChI=1S/C14H9N5O13/c20-11-7-1-9-10(14(23)16(13(9)22)5-31-18(26)27)2-8(7)12(21)15(11)3-6(32-19(28)29)4-30-17(24)25/h1-2,6H,3-5H2. The van der Waals surface area contributed by atoms with Gasteiger partial charge in [0.1, 0.15) is 12.7 Å². The molecule has 0 saturated carbocycles. The third-order valence-electron chi connectivity index (χ3n) is 4.34. The lowest BCUT2D eigenvalue weighted by Crippen LogP contribution is -2.36. The Labute approximate surface area is 171 Å². The van der Waals surface area contributed by atoms with Gasteiger partial charge in [-0.3, -0.25) is 28.6 Å². The number of fused-ring (bicyclic) bond motifs is 2. The van der Waals surface area contributed by atoms with Crippen LogP contribution < -0.4 is 22.2 Å². The molecule has 1 aromatic carbocycles. The van der Waals surface area contributed by atoms with Gasteiger partial charge in [-0.05, 0) is 12.1 Å². The molecule has 3 rings (SSSR count). The highest BCUT2D eigenvalue weighted by Crippen LogP contribution is 2.15. The molecule has 1 atom stereocenters. The number of rotatable bonds is 10. The van der Waals surface area contributed by atoms with Crippen molar-refractivity contribution in [3.8, 4) is 0 Å². The van der Waals surface area contributed by atoms with E-state index in [1.165, 1.54) is 0 Å². The fourth-order valence-electron chi connectivity index (χ4n) is 3.05. The Morgan fingerprint density at radius 3 is 1.56 bits per heavy atom. The molecule has 0 saturated heterocycles. The lowest BCUT2D eigenvalue weighted by molar-refractivity contribution is -0.790. The van der Waals surface area contributed by atoms with Crippen LogP contribution in [0.2, 0.25) is 0 Å². The number of benzene rings is 1. The molecule has 0 amide bonds. The van der Waals surface area contributed by atoms with Gasteiger partial charge in [0.15, 0.2) is 6.73 Å². The minimum absolute atomic E-state index is 0.321. The van der Waals surface area contributed by atoms with Crippen LogP contribution in [0.15, 0.2) is 31.3 Å². The summed E-state index contributed by atoms with van der Waals surface area (Å²) < 4.78 is 0.866. The second kappa shape index (κ2) is 8.08. The molecular formula is C14H9N5O13. The van der Waals surface area contributed by atoms with Crippen molar-refractivity contribution < 1.29 is 29.8 Å². The van der Waals surface area contributed by atoms with E-state index in [9.17, 15) is 49.5 Å². The van der Waals surface area contributed by atoms with Crippen LogP contribution >= 0.6 is 0 Å². The molecule has 0 aliphatic heterocycles. The molecule has 0 aliphatic carbocycles. The van der Waals surface area contributed by atoms with E-state index < -0.39 is 63.5 Å². The largest absolute Gasteiger partial charge is 0.311 e. The molecule has 0 spiro atoms. The molecule has 0 bridgehead atoms. The second-order valence-electron chi connectivity index (χ2n) is 6.15. The van der Waals surface area contributed by atoms with E-state index in [1.807, 2.05) is 0 Å². The SMILES string of the molecule is O=c1c2cc3c(=O)n(CC(CO[N+](=O)[O-])O[N+](=O)[O-])c(=O)c3cc2c(=O)n1CO[N+](=O)[O-]. The van der Waals surface area contributed by atoms with Gasteiger partial charge < -0.3 is 9.68 Å². The van der Waals surface area contributed by atoms with Gasteiger partial charge in [-0.2, -0.15) is 0 Å². The summed E-state index contributed by atoms with van der Waals surface area (Å²) in [5.41, 5.74) is -4.07. The predicted molar refractivity (Wildman–Crippen MR) is 97.8 cm³/mol. The Kier molecular flexibility index (Phi) is 5.51. The zero-order chi connectivity index (χ0) is 23.7. The smallest absolute Gasteiger partial charge is 0.296 e. The van der Waals surface area contributed by atoms with Crippen molar-refractivity contribution in [1.82, 2.24) is 9.13 Å². The van der Waals surface area contributed by atoms with Crippen LogP contribution in [-0.4, -0.2) is 37.1 Å². The van der Waals surface area contributed by atoms with E-state index in [4.69, 9.17) is 0 Å². The lowest BCUT2D eigenvalue weighted by Gasteiger charge is -2.13. The van der Waals surface area contributed by atoms with Gasteiger partial charge in [0.25, 0.3) is 37.5 Å². The van der Waals surface area contributed by atoms with Crippen molar-refractivity contribution >= 4 is 21.5 Å². The number of hydrogen-bond acceptors (Lipinski definition) is 13. The summed E-state index contributed by atoms with van der Waals surface area (Å²) in [7, 11) is 0. The van der Waals surface area contributed by atoms with Crippen LogP contribution in [0.4, 0.5) is 0 Å². The van der Waals surface area contributed by atoms with Crippen molar-refractivity contribution in [1.29, 1.82) is 0 Å². The number of nitrogens with zero attached hydrogens (tertiary/aromatic N) is 5. The third-order valence-corrected chi connectivity index (χ3v) is 4.34. The highest BCUT2D eigenvalue weighted by atomic mass is 17.0. The van der Waals surface area contributed by atoms with E-state index in [0.717, 1.165) is 12.1 Å². The minimum atomic E-state index is -1.71. The summed E-state index contributed by atoms with van der Waals surface area (Å²) in [6, 6.07) is 1.85. The molecule has 2 heterocycles. The van der Waals surface area contributed by atoms with E-state index in [1.54, 1.807) is 0 Å². The monoisotopic (exact) mass is 455 g/mol. The van der Waals surface area contributed by atoms with Gasteiger partial charge in [0, 0.05) is 0 Å². The van der Waals surface area contributed by atoms with Gasteiger partial charge in [0.2, 0.25) is 0 Å². The summed E-state index contributed by atoms with van der Waals surface area (Å²) >= 11 is 0. The quantitative estimate of drug-likeness (QED) is 0.235. The Morgan fingerprint density at radius 1 is 0.719 bits per heavy atom. The Bertz CT molecular complexity index is 1380. The van der Waals surface area contributed by atoms with E-state index in [2.05, 4.69) is 14.5 Å². The van der Waals surface area contributed by atoms with Crippen molar-refractivity contribution in [2.45, 2.75) is 19.4 Å². The zero-order valence-corrected chi connectivity index (χ0v) is 15.4. The van der Waals surface area contributed by atoms with Crippen molar-refractivity contribution in [2.24, 2.45) is 0 Å². The molecule has 0 radical (unpaired) electrons. The summed E-state index contributed by atoms with van der Waals surface area (Å²) in [6.45, 7) is -2.79. The van der Waals surface area contributed by atoms with Gasteiger partial charge in [-0.1, -0.05) is 0 Å². The van der Waals surface area contributed by atoms with Gasteiger partial charge in [-0.15, -0.1) is 30.3 Å². The average Bonchev–Trinajstić information content (AvgIpc) is 3.08. The van der Waals surface area contributed by atoms with Crippen molar-refractivity contribution in [2.75, 3.05) is 6.61 Å². The maximum atomic E-state index is 12.6.